The summed E-state index contributed by atoms with van der Waals surface area (Å²) in [6.07, 6.45) is 5.70. The summed E-state index contributed by atoms with van der Waals surface area (Å²) in [5.41, 5.74) is 3.51. The maximum atomic E-state index is 13.9. The normalized spacial score (nSPS) is 24.5. The molecule has 2 atom stereocenters. The fraction of sp³-hybridized carbons (Fsp3) is 0.364. The summed E-state index contributed by atoms with van der Waals surface area (Å²) in [7, 11) is 0. The van der Waals surface area contributed by atoms with E-state index in [4.69, 9.17) is 9.47 Å². The average molecular weight is 524 g/mol. The number of ether oxygens (including phenoxy) is 2. The molecule has 4 bridgehead atoms. The van der Waals surface area contributed by atoms with E-state index in [1.54, 1.807) is 24.3 Å². The molecule has 6 nitrogen and oxygen atoms in total. The van der Waals surface area contributed by atoms with E-state index >= 15 is 0 Å². The number of hydrogen-bond acceptors (Lipinski definition) is 5. The topological polar surface area (TPSA) is 81.7 Å². The lowest BCUT2D eigenvalue weighted by Crippen LogP contribution is -2.37. The van der Waals surface area contributed by atoms with Gasteiger partial charge in [0.2, 0.25) is 5.91 Å². The molecule has 0 aromatic heterocycles. The average Bonchev–Trinajstić information content (AvgIpc) is 3.31. The Morgan fingerprint density at radius 3 is 1.77 bits per heavy atom. The summed E-state index contributed by atoms with van der Waals surface area (Å²) >= 11 is 0. The molecule has 0 aliphatic heterocycles. The van der Waals surface area contributed by atoms with Crippen LogP contribution >= 0.6 is 0 Å². The van der Waals surface area contributed by atoms with Crippen LogP contribution < -0.4 is 14.8 Å². The van der Waals surface area contributed by atoms with Crippen molar-refractivity contribution < 1.29 is 23.9 Å². The van der Waals surface area contributed by atoms with E-state index in [0.29, 0.717) is 29.3 Å². The van der Waals surface area contributed by atoms with Gasteiger partial charge in [-0.1, -0.05) is 42.5 Å². The van der Waals surface area contributed by atoms with Crippen molar-refractivity contribution in [2.75, 3.05) is 5.32 Å². The molecule has 0 spiro atoms. The molecule has 6 heteroatoms. The van der Waals surface area contributed by atoms with Crippen LogP contribution in [0.2, 0.25) is 0 Å². The first-order valence-corrected chi connectivity index (χ1v) is 13.8. The molecule has 0 radical (unpaired) electrons. The smallest absolute Gasteiger partial charge is 0.308 e. The van der Waals surface area contributed by atoms with Crippen LogP contribution in [0.25, 0.3) is 0 Å². The highest BCUT2D eigenvalue weighted by Gasteiger charge is 2.61. The molecule has 0 saturated heterocycles. The van der Waals surface area contributed by atoms with E-state index < -0.39 is 0 Å². The Kier molecular flexibility index (Phi) is 6.49. The highest BCUT2D eigenvalue weighted by atomic mass is 16.5. The van der Waals surface area contributed by atoms with Crippen molar-refractivity contribution in [3.8, 4) is 11.5 Å². The monoisotopic (exact) mass is 523 g/mol. The highest BCUT2D eigenvalue weighted by Crippen LogP contribution is 2.65. The summed E-state index contributed by atoms with van der Waals surface area (Å²) in [4.78, 5) is 36.8. The third-order valence-corrected chi connectivity index (χ3v) is 8.91. The second-order valence-electron chi connectivity index (χ2n) is 11.5. The molecule has 1 N–H and O–H groups in total. The molecule has 7 rings (SSSR count). The van der Waals surface area contributed by atoms with Crippen LogP contribution in [-0.2, 0) is 14.4 Å². The first kappa shape index (κ1) is 25.4. The molecule has 3 aromatic carbocycles. The molecule has 4 saturated carbocycles. The zero-order valence-electron chi connectivity index (χ0n) is 22.3. The fourth-order valence-electron chi connectivity index (χ4n) is 7.62. The number of hydrogen-bond donors (Lipinski definition) is 1. The van der Waals surface area contributed by atoms with E-state index in [-0.39, 0.29) is 29.2 Å². The van der Waals surface area contributed by atoms with E-state index in [0.717, 1.165) is 35.2 Å². The van der Waals surface area contributed by atoms with Crippen molar-refractivity contribution >= 4 is 23.5 Å². The van der Waals surface area contributed by atoms with E-state index in [1.165, 1.54) is 33.1 Å². The first-order valence-electron chi connectivity index (χ1n) is 13.8. The van der Waals surface area contributed by atoms with Crippen molar-refractivity contribution in [3.05, 3.63) is 89.5 Å². The number of para-hydroxylation sites is 1. The Balaban J connectivity index is 1.36. The van der Waals surface area contributed by atoms with Crippen LogP contribution in [0.15, 0.2) is 72.8 Å². The number of nitrogens with one attached hydrogen (secondary N) is 1. The molecule has 200 valence electrons. The number of amides is 1. The van der Waals surface area contributed by atoms with Crippen molar-refractivity contribution in [2.45, 2.75) is 51.9 Å². The Labute approximate surface area is 228 Å². The predicted octanol–water partition coefficient (Wildman–Crippen LogP) is 6.48. The molecule has 2 unspecified atom stereocenters. The number of benzene rings is 3. The summed E-state index contributed by atoms with van der Waals surface area (Å²) in [6.45, 7) is 2.76. The second-order valence-corrected chi connectivity index (χ2v) is 11.5. The first-order chi connectivity index (χ1) is 18.8. The van der Waals surface area contributed by atoms with Gasteiger partial charge in [-0.05, 0) is 96.9 Å². The second kappa shape index (κ2) is 9.99. The molecule has 4 aliphatic carbocycles. The lowest BCUT2D eigenvalue weighted by Gasteiger charge is -2.32. The lowest BCUT2D eigenvalue weighted by atomic mass is 9.74. The van der Waals surface area contributed by atoms with Gasteiger partial charge in [0.25, 0.3) is 0 Å². The van der Waals surface area contributed by atoms with Crippen molar-refractivity contribution in [2.24, 2.45) is 23.2 Å². The summed E-state index contributed by atoms with van der Waals surface area (Å²) in [6, 6.07) is 22.9. The maximum Gasteiger partial charge on any atom is 0.308 e. The third-order valence-electron chi connectivity index (χ3n) is 8.91. The van der Waals surface area contributed by atoms with E-state index in [2.05, 4.69) is 11.4 Å². The zero-order valence-corrected chi connectivity index (χ0v) is 22.3. The third kappa shape index (κ3) is 4.84. The van der Waals surface area contributed by atoms with E-state index in [9.17, 15) is 14.4 Å². The van der Waals surface area contributed by atoms with Gasteiger partial charge in [-0.25, -0.2) is 0 Å². The Morgan fingerprint density at radius 1 is 0.744 bits per heavy atom. The van der Waals surface area contributed by atoms with Gasteiger partial charge >= 0.3 is 11.9 Å². The Hall–Kier alpha value is -3.93. The zero-order chi connectivity index (χ0) is 27.1. The summed E-state index contributed by atoms with van der Waals surface area (Å²) in [5, 5.41) is 3.37. The van der Waals surface area contributed by atoms with Crippen LogP contribution in [-0.4, -0.2) is 17.8 Å². The molecule has 4 fully saturated rings. The molecular weight excluding hydrogens is 490 g/mol. The maximum absolute atomic E-state index is 13.9. The van der Waals surface area contributed by atoms with Gasteiger partial charge in [0.15, 0.2) is 0 Å². The van der Waals surface area contributed by atoms with Gasteiger partial charge in [-0.15, -0.1) is 0 Å². The van der Waals surface area contributed by atoms with Gasteiger partial charge in [-0.2, -0.15) is 0 Å². The summed E-state index contributed by atoms with van der Waals surface area (Å²) < 4.78 is 10.5. The van der Waals surface area contributed by atoms with Gasteiger partial charge < -0.3 is 14.8 Å². The van der Waals surface area contributed by atoms with Crippen LogP contribution in [0.3, 0.4) is 0 Å². The highest BCUT2D eigenvalue weighted by molar-refractivity contribution is 5.97. The minimum absolute atomic E-state index is 0.166. The minimum Gasteiger partial charge on any atom is -0.427 e. The SMILES string of the molecule is CC(=O)Oc1ccc(C(c2ccc(OC(C)=O)cc2)c2ccccc2NC(=O)C23CC4CC(CC2C4)C3)cc1. The van der Waals surface area contributed by atoms with Gasteiger partial charge in [0.1, 0.15) is 11.5 Å². The standard InChI is InChI=1S/C33H33NO5/c1-20(35)38-27-11-7-24(8-12-27)31(25-9-13-28(14-10-25)39-21(2)36)29-5-3-4-6-30(29)34-32(37)33-18-22-15-23(19-33)17-26(33)16-22/h3-14,22-23,26,31H,15-19H2,1-2H3,(H,34,37). The molecule has 0 heterocycles. The number of carbonyl (C=O) groups excluding carboxylic acids is 3. The van der Waals surface area contributed by atoms with Gasteiger partial charge in [-0.3, -0.25) is 14.4 Å². The van der Waals surface area contributed by atoms with Gasteiger partial charge in [0, 0.05) is 25.5 Å². The van der Waals surface area contributed by atoms with Crippen LogP contribution in [0.1, 0.15) is 68.6 Å². The number of anilines is 1. The van der Waals surface area contributed by atoms with E-state index in [1.807, 2.05) is 42.5 Å². The number of esters is 2. The molecule has 3 aromatic rings. The predicted molar refractivity (Wildman–Crippen MR) is 148 cm³/mol. The van der Waals surface area contributed by atoms with Crippen LogP contribution in [0.4, 0.5) is 5.69 Å². The molecule has 1 amide bonds. The van der Waals surface area contributed by atoms with Crippen molar-refractivity contribution in [1.82, 2.24) is 0 Å². The molecule has 4 aliphatic rings. The quantitative estimate of drug-likeness (QED) is 0.218. The number of carbonyl (C=O) groups is 3. The van der Waals surface area contributed by atoms with Gasteiger partial charge in [0.05, 0.1) is 5.41 Å². The Morgan fingerprint density at radius 2 is 1.26 bits per heavy atom. The number of rotatable bonds is 7. The molecular formula is C33H33NO5. The largest absolute Gasteiger partial charge is 0.427 e. The van der Waals surface area contributed by atoms with Crippen molar-refractivity contribution in [1.29, 1.82) is 0 Å². The van der Waals surface area contributed by atoms with Crippen LogP contribution in [0.5, 0.6) is 11.5 Å². The van der Waals surface area contributed by atoms with Crippen molar-refractivity contribution in [3.63, 3.8) is 0 Å². The summed E-state index contributed by atoms with van der Waals surface area (Å²) in [5.74, 6) is 2.06. The lowest BCUT2D eigenvalue weighted by molar-refractivity contribution is -0.132. The molecule has 39 heavy (non-hydrogen) atoms. The van der Waals surface area contributed by atoms with Crippen LogP contribution in [0, 0.1) is 23.2 Å². The minimum atomic E-state index is -0.373. The Bertz CT molecular complexity index is 1340. The fourth-order valence-corrected chi connectivity index (χ4v) is 7.62.